The summed E-state index contributed by atoms with van der Waals surface area (Å²) >= 11 is 1.88. The third kappa shape index (κ3) is 3.35. The molecule has 0 saturated carbocycles. The van der Waals surface area contributed by atoms with Crippen molar-refractivity contribution in [1.29, 1.82) is 0 Å². The molecule has 122 valence electrons. The van der Waals surface area contributed by atoms with E-state index < -0.39 is 0 Å². The molecule has 0 aromatic carbocycles. The van der Waals surface area contributed by atoms with Crippen molar-refractivity contribution >= 4 is 11.8 Å². The van der Waals surface area contributed by atoms with Gasteiger partial charge in [-0.05, 0) is 17.4 Å². The van der Waals surface area contributed by atoms with Crippen molar-refractivity contribution in [3.8, 4) is 0 Å². The van der Waals surface area contributed by atoms with Gasteiger partial charge in [0.25, 0.3) is 5.56 Å². The van der Waals surface area contributed by atoms with Gasteiger partial charge in [-0.2, -0.15) is 22.0 Å². The van der Waals surface area contributed by atoms with Gasteiger partial charge in [0.1, 0.15) is 0 Å². The highest BCUT2D eigenvalue weighted by molar-refractivity contribution is 7.98. The summed E-state index contributed by atoms with van der Waals surface area (Å²) in [6.07, 6.45) is 4.79. The van der Waals surface area contributed by atoms with E-state index in [2.05, 4.69) is 15.1 Å². The fourth-order valence-electron chi connectivity index (χ4n) is 3.28. The second-order valence-corrected chi connectivity index (χ2v) is 7.44. The lowest BCUT2D eigenvalue weighted by atomic mass is 10.0. The van der Waals surface area contributed by atoms with Crippen LogP contribution in [0.5, 0.6) is 0 Å². The Labute approximate surface area is 139 Å². The summed E-state index contributed by atoms with van der Waals surface area (Å²) in [6, 6.07) is 3.74. The fraction of sp³-hybridized carbons (Fsp3) is 0.562. The maximum Gasteiger partial charge on any atom is 0.267 e. The Morgan fingerprint density at radius 3 is 3.04 bits per heavy atom. The number of hydrogen-bond acceptors (Lipinski definition) is 5. The van der Waals surface area contributed by atoms with Crippen molar-refractivity contribution < 1.29 is 0 Å². The van der Waals surface area contributed by atoms with Crippen LogP contribution in [0.4, 0.5) is 0 Å². The number of aromatic nitrogens is 4. The van der Waals surface area contributed by atoms with Crippen LogP contribution >= 0.6 is 11.8 Å². The second-order valence-electron chi connectivity index (χ2n) is 6.33. The largest absolute Gasteiger partial charge is 0.301 e. The van der Waals surface area contributed by atoms with E-state index in [1.165, 1.54) is 0 Å². The molecule has 1 saturated heterocycles. The molecule has 2 aromatic rings. The van der Waals surface area contributed by atoms with E-state index >= 15 is 0 Å². The Hall–Kier alpha value is -1.60. The van der Waals surface area contributed by atoms with E-state index in [9.17, 15) is 4.79 Å². The van der Waals surface area contributed by atoms with Gasteiger partial charge in [0, 0.05) is 56.2 Å². The number of thioether (sulfide) groups is 1. The smallest absolute Gasteiger partial charge is 0.267 e. The van der Waals surface area contributed by atoms with Gasteiger partial charge in [-0.1, -0.05) is 0 Å². The molecule has 0 radical (unpaired) electrons. The van der Waals surface area contributed by atoms with Gasteiger partial charge in [0.05, 0.1) is 18.8 Å². The second kappa shape index (κ2) is 6.49. The average molecular weight is 331 g/mol. The quantitative estimate of drug-likeness (QED) is 0.813. The first-order valence-electron chi connectivity index (χ1n) is 8.15. The maximum atomic E-state index is 12.2. The lowest BCUT2D eigenvalue weighted by molar-refractivity contribution is 0.0792. The summed E-state index contributed by atoms with van der Waals surface area (Å²) in [7, 11) is 0. The molecule has 2 aromatic heterocycles. The van der Waals surface area contributed by atoms with Gasteiger partial charge >= 0.3 is 0 Å². The van der Waals surface area contributed by atoms with Gasteiger partial charge in [0.15, 0.2) is 0 Å². The fourth-order valence-corrected chi connectivity index (χ4v) is 4.23. The van der Waals surface area contributed by atoms with Crippen molar-refractivity contribution in [1.82, 2.24) is 24.5 Å². The van der Waals surface area contributed by atoms with Crippen LogP contribution in [0, 0.1) is 5.92 Å². The highest BCUT2D eigenvalue weighted by Gasteiger charge is 2.27. The minimum Gasteiger partial charge on any atom is -0.301 e. The Morgan fingerprint density at radius 2 is 2.22 bits per heavy atom. The van der Waals surface area contributed by atoms with E-state index in [4.69, 9.17) is 0 Å². The van der Waals surface area contributed by atoms with Crippen molar-refractivity contribution in [2.24, 2.45) is 5.92 Å². The van der Waals surface area contributed by atoms with E-state index in [1.807, 2.05) is 34.9 Å². The summed E-state index contributed by atoms with van der Waals surface area (Å²) in [5, 5.41) is 8.82. The number of fused-ring (bicyclic) bond motifs is 1. The van der Waals surface area contributed by atoms with E-state index in [-0.39, 0.29) is 5.56 Å². The zero-order chi connectivity index (χ0) is 15.6. The zero-order valence-corrected chi connectivity index (χ0v) is 13.9. The molecular formula is C16H21N5OS. The molecule has 0 bridgehead atoms. The minimum absolute atomic E-state index is 0.0567. The van der Waals surface area contributed by atoms with Crippen LogP contribution in [0.1, 0.15) is 11.3 Å². The number of aryl methyl sites for hydroxylation is 1. The summed E-state index contributed by atoms with van der Waals surface area (Å²) in [5.41, 5.74) is 2.32. The normalized spacial score (nSPS) is 18.6. The number of likely N-dealkylation sites (tertiary alicyclic amines) is 1. The third-order valence-electron chi connectivity index (χ3n) is 4.57. The summed E-state index contributed by atoms with van der Waals surface area (Å²) in [4.78, 5) is 14.6. The molecule has 23 heavy (non-hydrogen) atoms. The van der Waals surface area contributed by atoms with Gasteiger partial charge in [-0.3, -0.25) is 9.48 Å². The lowest BCUT2D eigenvalue weighted by Crippen LogP contribution is -2.50. The molecule has 2 aliphatic heterocycles. The first-order chi connectivity index (χ1) is 11.3. The van der Waals surface area contributed by atoms with Crippen molar-refractivity contribution in [2.45, 2.75) is 25.3 Å². The van der Waals surface area contributed by atoms with Crippen LogP contribution in [-0.2, 0) is 25.3 Å². The van der Waals surface area contributed by atoms with Crippen LogP contribution in [0.15, 0.2) is 29.3 Å². The Kier molecular flexibility index (Phi) is 4.22. The van der Waals surface area contributed by atoms with Gasteiger partial charge in [0.2, 0.25) is 0 Å². The molecule has 4 heterocycles. The molecule has 0 amide bonds. The van der Waals surface area contributed by atoms with Crippen LogP contribution < -0.4 is 5.56 Å². The Morgan fingerprint density at radius 1 is 1.30 bits per heavy atom. The predicted molar refractivity (Wildman–Crippen MR) is 90.5 cm³/mol. The van der Waals surface area contributed by atoms with E-state index in [0.29, 0.717) is 5.92 Å². The van der Waals surface area contributed by atoms with Gasteiger partial charge < -0.3 is 4.90 Å². The first kappa shape index (κ1) is 15.0. The first-order valence-corrected chi connectivity index (χ1v) is 9.31. The van der Waals surface area contributed by atoms with Gasteiger partial charge in [-0.25, -0.2) is 4.68 Å². The van der Waals surface area contributed by atoms with Crippen LogP contribution in [0.3, 0.4) is 0 Å². The molecule has 7 heteroatoms. The van der Waals surface area contributed by atoms with Crippen molar-refractivity contribution in [3.05, 3.63) is 46.1 Å². The van der Waals surface area contributed by atoms with Crippen LogP contribution in [-0.4, -0.2) is 49.8 Å². The molecule has 0 spiro atoms. The minimum atomic E-state index is 0.0567. The average Bonchev–Trinajstić information content (AvgIpc) is 3.03. The van der Waals surface area contributed by atoms with E-state index in [1.54, 1.807) is 10.7 Å². The van der Waals surface area contributed by atoms with E-state index in [0.717, 1.165) is 61.9 Å². The molecule has 6 nitrogen and oxygen atoms in total. The number of nitrogens with zero attached hydrogens (tertiary/aromatic N) is 5. The van der Waals surface area contributed by atoms with Gasteiger partial charge in [-0.15, -0.1) is 0 Å². The molecule has 2 aliphatic rings. The Bertz CT molecular complexity index is 721. The maximum absolute atomic E-state index is 12.2. The monoisotopic (exact) mass is 331 g/mol. The zero-order valence-electron chi connectivity index (χ0n) is 13.1. The topological polar surface area (TPSA) is 56.0 Å². The SMILES string of the molecule is O=c1cc2c(nn1CC1CN(CCn3cccn3)C1)CCSC2. The summed E-state index contributed by atoms with van der Waals surface area (Å²) in [5.74, 6) is 2.58. The molecule has 1 fully saturated rings. The molecule has 0 unspecified atom stereocenters. The van der Waals surface area contributed by atoms with Crippen molar-refractivity contribution in [3.63, 3.8) is 0 Å². The molecule has 4 rings (SSSR count). The summed E-state index contributed by atoms with van der Waals surface area (Å²) < 4.78 is 3.64. The number of rotatable bonds is 5. The highest BCUT2D eigenvalue weighted by Crippen LogP contribution is 2.22. The standard InChI is InChI=1S/C16H21N5OS/c22-16-8-14-12-23-7-2-15(14)18-21(16)11-13-9-19(10-13)5-6-20-4-1-3-17-20/h1,3-4,8,13H,2,5-7,9-12H2. The molecular weight excluding hydrogens is 310 g/mol. The predicted octanol–water partition coefficient (Wildman–Crippen LogP) is 0.861. The van der Waals surface area contributed by atoms with Crippen molar-refractivity contribution in [2.75, 3.05) is 25.4 Å². The third-order valence-corrected chi connectivity index (χ3v) is 5.58. The molecule has 0 atom stereocenters. The Balaban J connectivity index is 1.31. The molecule has 0 aliphatic carbocycles. The lowest BCUT2D eigenvalue weighted by Gasteiger charge is -2.39. The van der Waals surface area contributed by atoms with Crippen LogP contribution in [0.2, 0.25) is 0 Å². The molecule has 0 N–H and O–H groups in total. The highest BCUT2D eigenvalue weighted by atomic mass is 32.2. The van der Waals surface area contributed by atoms with Crippen LogP contribution in [0.25, 0.3) is 0 Å². The summed E-state index contributed by atoms with van der Waals surface area (Å²) in [6.45, 7) is 4.78. The number of hydrogen-bond donors (Lipinski definition) is 0.